The number of benzene rings is 2. The molecule has 9 heteroatoms. The Morgan fingerprint density at radius 2 is 1.15 bits per heavy atom. The molecular weight excluding hydrogens is 386 g/mol. The first-order chi connectivity index (χ1) is 12.9. The van der Waals surface area contributed by atoms with Crippen LogP contribution in [0.2, 0.25) is 0 Å². The second kappa shape index (κ2) is 7.68. The van der Waals surface area contributed by atoms with E-state index < -0.39 is 23.9 Å². The first-order valence-electron chi connectivity index (χ1n) is 7.76. The van der Waals surface area contributed by atoms with E-state index in [2.05, 4.69) is 15.3 Å². The zero-order valence-electron chi connectivity index (χ0n) is 13.9. The van der Waals surface area contributed by atoms with E-state index in [0.29, 0.717) is 0 Å². The SMILES string of the molecule is O=S(=O)(C(=CNc1ncccn1)S(=O)(=O)c1ccccc1)c1ccccc1. The van der Waals surface area contributed by atoms with E-state index >= 15 is 0 Å². The highest BCUT2D eigenvalue weighted by Gasteiger charge is 2.33. The van der Waals surface area contributed by atoms with Gasteiger partial charge in [-0.3, -0.25) is 0 Å². The van der Waals surface area contributed by atoms with E-state index in [1.54, 1.807) is 18.2 Å². The molecule has 0 amide bonds. The van der Waals surface area contributed by atoms with Gasteiger partial charge in [-0.15, -0.1) is 0 Å². The third kappa shape index (κ3) is 4.04. The highest BCUT2D eigenvalue weighted by Crippen LogP contribution is 2.28. The Morgan fingerprint density at radius 1 is 0.704 bits per heavy atom. The molecule has 0 bridgehead atoms. The molecule has 0 unspecified atom stereocenters. The van der Waals surface area contributed by atoms with Gasteiger partial charge in [0.1, 0.15) is 0 Å². The minimum Gasteiger partial charge on any atom is -0.329 e. The van der Waals surface area contributed by atoms with Crippen LogP contribution in [0.15, 0.2) is 99.4 Å². The molecule has 0 saturated heterocycles. The zero-order valence-corrected chi connectivity index (χ0v) is 15.6. The van der Waals surface area contributed by atoms with Crippen molar-refractivity contribution in [3.05, 3.63) is 89.6 Å². The lowest BCUT2D eigenvalue weighted by atomic mass is 10.4. The first kappa shape index (κ1) is 18.7. The van der Waals surface area contributed by atoms with Gasteiger partial charge in [-0.2, -0.15) is 0 Å². The van der Waals surface area contributed by atoms with Gasteiger partial charge in [0.2, 0.25) is 25.6 Å². The largest absolute Gasteiger partial charge is 0.329 e. The Balaban J connectivity index is 2.15. The second-order valence-electron chi connectivity index (χ2n) is 5.31. The van der Waals surface area contributed by atoms with E-state index in [4.69, 9.17) is 0 Å². The van der Waals surface area contributed by atoms with Crippen molar-refractivity contribution in [2.24, 2.45) is 0 Å². The van der Waals surface area contributed by atoms with Crippen LogP contribution in [0.4, 0.5) is 5.95 Å². The Kier molecular flexibility index (Phi) is 5.33. The number of aromatic nitrogens is 2. The van der Waals surface area contributed by atoms with Gasteiger partial charge in [0.15, 0.2) is 4.24 Å². The normalized spacial score (nSPS) is 11.6. The van der Waals surface area contributed by atoms with Gasteiger partial charge < -0.3 is 5.32 Å². The fourth-order valence-electron chi connectivity index (χ4n) is 2.23. The van der Waals surface area contributed by atoms with Crippen LogP contribution in [0, 0.1) is 0 Å². The summed E-state index contributed by atoms with van der Waals surface area (Å²) in [5.41, 5.74) is 0. The van der Waals surface area contributed by atoms with E-state index in [0.717, 1.165) is 6.20 Å². The summed E-state index contributed by atoms with van der Waals surface area (Å²) >= 11 is 0. The van der Waals surface area contributed by atoms with Crippen LogP contribution in [-0.4, -0.2) is 26.8 Å². The molecule has 3 aromatic rings. The lowest BCUT2D eigenvalue weighted by molar-refractivity contribution is 0.595. The van der Waals surface area contributed by atoms with E-state index in [9.17, 15) is 16.8 Å². The number of hydrogen-bond acceptors (Lipinski definition) is 7. The van der Waals surface area contributed by atoms with Crippen LogP contribution < -0.4 is 5.32 Å². The molecule has 0 aliphatic heterocycles. The maximum atomic E-state index is 13.0. The Bertz CT molecular complexity index is 1080. The molecule has 7 nitrogen and oxygen atoms in total. The lowest BCUT2D eigenvalue weighted by Gasteiger charge is -2.11. The number of nitrogens with zero attached hydrogens (tertiary/aromatic N) is 2. The van der Waals surface area contributed by atoms with Crippen molar-refractivity contribution in [3.8, 4) is 0 Å². The van der Waals surface area contributed by atoms with Crippen LogP contribution in [0.25, 0.3) is 0 Å². The molecule has 27 heavy (non-hydrogen) atoms. The van der Waals surface area contributed by atoms with Crippen LogP contribution in [0.5, 0.6) is 0 Å². The molecule has 0 atom stereocenters. The summed E-state index contributed by atoms with van der Waals surface area (Å²) in [6, 6.07) is 16.3. The number of sulfone groups is 2. The quantitative estimate of drug-likeness (QED) is 0.677. The predicted molar refractivity (Wildman–Crippen MR) is 101 cm³/mol. The topological polar surface area (TPSA) is 106 Å². The average Bonchev–Trinajstić information content (AvgIpc) is 2.70. The predicted octanol–water partition coefficient (Wildman–Crippen LogP) is 2.64. The van der Waals surface area contributed by atoms with Gasteiger partial charge in [-0.05, 0) is 30.3 Å². The van der Waals surface area contributed by atoms with Crippen molar-refractivity contribution < 1.29 is 16.8 Å². The summed E-state index contributed by atoms with van der Waals surface area (Å²) in [5.74, 6) is 0.0709. The first-order valence-corrected chi connectivity index (χ1v) is 10.7. The van der Waals surface area contributed by atoms with Crippen molar-refractivity contribution in [3.63, 3.8) is 0 Å². The standard InChI is InChI=1S/C18H15N3O4S2/c22-26(23,15-8-3-1-4-9-15)17(14-21-18-19-12-7-13-20-18)27(24,25)16-10-5-2-6-11-16/h1-14H,(H,19,20,21). The zero-order chi connectivity index (χ0) is 19.3. The van der Waals surface area contributed by atoms with Crippen molar-refractivity contribution >= 4 is 25.6 Å². The smallest absolute Gasteiger partial charge is 0.226 e. The third-order valence-electron chi connectivity index (χ3n) is 3.52. The van der Waals surface area contributed by atoms with E-state index in [1.165, 1.54) is 60.9 Å². The Hall–Kier alpha value is -3.04. The fraction of sp³-hybridized carbons (Fsp3) is 0. The molecular formula is C18H15N3O4S2. The van der Waals surface area contributed by atoms with Gasteiger partial charge >= 0.3 is 0 Å². The average molecular weight is 401 g/mol. The molecule has 2 aromatic carbocycles. The van der Waals surface area contributed by atoms with E-state index in [1.807, 2.05) is 0 Å². The molecule has 0 fully saturated rings. The minimum atomic E-state index is -4.32. The summed E-state index contributed by atoms with van der Waals surface area (Å²) in [6.07, 6.45) is 3.79. The van der Waals surface area contributed by atoms with Gasteiger partial charge in [-0.25, -0.2) is 26.8 Å². The Labute approximate surface area is 157 Å². The van der Waals surface area contributed by atoms with Gasteiger partial charge in [0, 0.05) is 18.6 Å². The summed E-state index contributed by atoms with van der Waals surface area (Å²) in [6.45, 7) is 0. The van der Waals surface area contributed by atoms with E-state index in [-0.39, 0.29) is 15.7 Å². The number of rotatable bonds is 6. The Morgan fingerprint density at radius 3 is 1.59 bits per heavy atom. The molecule has 138 valence electrons. The van der Waals surface area contributed by atoms with Crippen molar-refractivity contribution in [2.75, 3.05) is 5.32 Å². The molecule has 0 aliphatic rings. The lowest BCUT2D eigenvalue weighted by Crippen LogP contribution is -2.17. The molecule has 1 N–H and O–H groups in total. The summed E-state index contributed by atoms with van der Waals surface area (Å²) in [5, 5.41) is 2.55. The van der Waals surface area contributed by atoms with Gasteiger partial charge in [-0.1, -0.05) is 36.4 Å². The molecule has 0 spiro atoms. The van der Waals surface area contributed by atoms with Gasteiger partial charge in [0.25, 0.3) is 0 Å². The number of anilines is 1. The van der Waals surface area contributed by atoms with Crippen LogP contribution in [-0.2, 0) is 19.7 Å². The summed E-state index contributed by atoms with van der Waals surface area (Å²) in [7, 11) is -8.64. The maximum absolute atomic E-state index is 13.0. The van der Waals surface area contributed by atoms with Crippen LogP contribution in [0.1, 0.15) is 0 Å². The highest BCUT2D eigenvalue weighted by atomic mass is 32.3. The second-order valence-corrected chi connectivity index (χ2v) is 9.41. The molecule has 1 heterocycles. The number of nitrogens with one attached hydrogen (secondary N) is 1. The van der Waals surface area contributed by atoms with Crippen LogP contribution in [0.3, 0.4) is 0 Å². The van der Waals surface area contributed by atoms with Crippen molar-refractivity contribution in [1.29, 1.82) is 0 Å². The number of hydrogen-bond donors (Lipinski definition) is 1. The van der Waals surface area contributed by atoms with Crippen LogP contribution >= 0.6 is 0 Å². The molecule has 1 aromatic heterocycles. The molecule has 0 radical (unpaired) electrons. The summed E-state index contributed by atoms with van der Waals surface area (Å²) < 4.78 is 51.4. The molecule has 3 rings (SSSR count). The molecule has 0 saturated carbocycles. The highest BCUT2D eigenvalue weighted by molar-refractivity contribution is 8.14. The summed E-state index contributed by atoms with van der Waals surface area (Å²) in [4.78, 5) is 7.54. The maximum Gasteiger partial charge on any atom is 0.226 e. The van der Waals surface area contributed by atoms with Crippen molar-refractivity contribution in [1.82, 2.24) is 9.97 Å². The fourth-order valence-corrected chi connectivity index (χ4v) is 5.88. The van der Waals surface area contributed by atoms with Gasteiger partial charge in [0.05, 0.1) is 9.79 Å². The minimum absolute atomic E-state index is 0.0709. The third-order valence-corrected chi connectivity index (χ3v) is 7.92. The monoisotopic (exact) mass is 401 g/mol. The molecule has 0 aliphatic carbocycles. The van der Waals surface area contributed by atoms with Crippen molar-refractivity contribution in [2.45, 2.75) is 9.79 Å².